The highest BCUT2D eigenvalue weighted by atomic mass is 16.5. The van der Waals surface area contributed by atoms with Crippen LogP contribution < -0.4 is 15.4 Å². The topological polar surface area (TPSA) is 87.7 Å². The van der Waals surface area contributed by atoms with Gasteiger partial charge in [0.15, 0.2) is 0 Å². The Morgan fingerprint density at radius 3 is 2.43 bits per heavy atom. The molecule has 0 aliphatic carbocycles. The lowest BCUT2D eigenvalue weighted by Crippen LogP contribution is -2.39. The average molecular weight is 411 g/mol. The highest BCUT2D eigenvalue weighted by Crippen LogP contribution is 2.40. The first-order valence-electron chi connectivity index (χ1n) is 10.5. The maximum Gasteiger partial charge on any atom is 0.305 e. The van der Waals surface area contributed by atoms with Crippen molar-refractivity contribution < 1.29 is 19.4 Å². The van der Waals surface area contributed by atoms with Crippen molar-refractivity contribution in [3.63, 3.8) is 0 Å². The van der Waals surface area contributed by atoms with Gasteiger partial charge in [-0.1, -0.05) is 39.0 Å². The number of fused-ring (bicyclic) bond motifs is 1. The second-order valence-corrected chi connectivity index (χ2v) is 8.27. The third-order valence-corrected chi connectivity index (χ3v) is 5.41. The molecule has 1 aliphatic heterocycles. The summed E-state index contributed by atoms with van der Waals surface area (Å²) in [4.78, 5) is 22.7. The molecule has 1 heterocycles. The summed E-state index contributed by atoms with van der Waals surface area (Å²) in [5, 5.41) is 14.9. The van der Waals surface area contributed by atoms with Crippen molar-refractivity contribution in [2.75, 3.05) is 11.9 Å². The summed E-state index contributed by atoms with van der Waals surface area (Å²) in [5.74, 6) is 0.540. The number of anilines is 1. The van der Waals surface area contributed by atoms with Crippen LogP contribution in [0.4, 0.5) is 5.69 Å². The molecule has 3 rings (SSSR count). The maximum atomic E-state index is 12.1. The largest absolute Gasteiger partial charge is 0.487 e. The number of carboxylic acids is 1. The number of benzene rings is 2. The van der Waals surface area contributed by atoms with Crippen LogP contribution in [0.2, 0.25) is 0 Å². The van der Waals surface area contributed by atoms with Gasteiger partial charge in [-0.3, -0.25) is 9.59 Å². The molecule has 0 saturated carbocycles. The molecule has 0 aromatic heterocycles. The summed E-state index contributed by atoms with van der Waals surface area (Å²) in [5.41, 5.74) is 2.67. The quantitative estimate of drug-likeness (QED) is 0.574. The summed E-state index contributed by atoms with van der Waals surface area (Å²) >= 11 is 0. The summed E-state index contributed by atoms with van der Waals surface area (Å²) in [6.07, 6.45) is 0.897. The first-order valence-corrected chi connectivity index (χ1v) is 10.5. The van der Waals surface area contributed by atoms with E-state index in [0.717, 1.165) is 17.9 Å². The van der Waals surface area contributed by atoms with E-state index < -0.39 is 5.97 Å². The fourth-order valence-electron chi connectivity index (χ4n) is 3.92. The maximum absolute atomic E-state index is 12.1. The van der Waals surface area contributed by atoms with Crippen molar-refractivity contribution in [3.8, 4) is 5.75 Å². The lowest BCUT2D eigenvalue weighted by atomic mass is 9.89. The predicted octanol–water partition coefficient (Wildman–Crippen LogP) is 4.28. The minimum atomic E-state index is -0.934. The smallest absolute Gasteiger partial charge is 0.305 e. The van der Waals surface area contributed by atoms with E-state index in [1.54, 1.807) is 12.1 Å². The van der Waals surface area contributed by atoms with Gasteiger partial charge in [-0.15, -0.1) is 0 Å². The van der Waals surface area contributed by atoms with Gasteiger partial charge in [-0.05, 0) is 42.7 Å². The summed E-state index contributed by atoms with van der Waals surface area (Å²) in [6.45, 7) is 6.72. The van der Waals surface area contributed by atoms with Crippen molar-refractivity contribution in [2.45, 2.75) is 51.7 Å². The molecule has 3 unspecified atom stereocenters. The SMILES string of the molecule is CC(C)CC(Nc1ccc(C(=O)NCCC(=O)O)cc1)C1Oc2ccccc2C1C. The van der Waals surface area contributed by atoms with E-state index in [4.69, 9.17) is 9.84 Å². The van der Waals surface area contributed by atoms with Gasteiger partial charge in [0.1, 0.15) is 11.9 Å². The molecule has 0 fully saturated rings. The highest BCUT2D eigenvalue weighted by molar-refractivity contribution is 5.94. The van der Waals surface area contributed by atoms with Crippen LogP contribution in [0.25, 0.3) is 0 Å². The van der Waals surface area contributed by atoms with Crippen molar-refractivity contribution in [1.82, 2.24) is 5.32 Å². The van der Waals surface area contributed by atoms with E-state index in [1.165, 1.54) is 5.56 Å². The number of para-hydroxylation sites is 1. The van der Waals surface area contributed by atoms with Crippen LogP contribution in [-0.2, 0) is 4.79 Å². The molecule has 3 N–H and O–H groups in total. The Kier molecular flexibility index (Phi) is 6.98. The third-order valence-electron chi connectivity index (χ3n) is 5.41. The van der Waals surface area contributed by atoms with Gasteiger partial charge in [0.05, 0.1) is 12.5 Å². The van der Waals surface area contributed by atoms with Crippen LogP contribution >= 0.6 is 0 Å². The number of hydrogen-bond acceptors (Lipinski definition) is 4. The van der Waals surface area contributed by atoms with Gasteiger partial charge < -0.3 is 20.5 Å². The average Bonchev–Trinajstić information content (AvgIpc) is 3.04. The molecule has 0 radical (unpaired) electrons. The van der Waals surface area contributed by atoms with Crippen molar-refractivity contribution in [3.05, 3.63) is 59.7 Å². The number of hydrogen-bond donors (Lipinski definition) is 3. The number of carbonyl (C=O) groups is 2. The Hall–Kier alpha value is -3.02. The molecule has 3 atom stereocenters. The molecule has 0 bridgehead atoms. The van der Waals surface area contributed by atoms with Crippen molar-refractivity contribution in [2.24, 2.45) is 5.92 Å². The number of nitrogens with one attached hydrogen (secondary N) is 2. The van der Waals surface area contributed by atoms with E-state index in [9.17, 15) is 9.59 Å². The molecule has 160 valence electrons. The van der Waals surface area contributed by atoms with Crippen LogP contribution in [-0.4, -0.2) is 35.7 Å². The van der Waals surface area contributed by atoms with Gasteiger partial charge in [0.2, 0.25) is 0 Å². The number of aliphatic carboxylic acids is 1. The molecule has 2 aromatic carbocycles. The summed E-state index contributed by atoms with van der Waals surface area (Å²) in [6, 6.07) is 15.6. The Morgan fingerprint density at radius 1 is 1.10 bits per heavy atom. The molecular formula is C24H30N2O4. The lowest BCUT2D eigenvalue weighted by Gasteiger charge is -2.29. The van der Waals surface area contributed by atoms with E-state index in [1.807, 2.05) is 30.3 Å². The standard InChI is InChI=1S/C24H30N2O4/c1-15(2)14-20(23-16(3)19-6-4-5-7-21(19)30-23)26-18-10-8-17(9-11-18)24(29)25-13-12-22(27)28/h4-11,15-16,20,23,26H,12-14H2,1-3H3,(H,25,29)(H,27,28). The zero-order chi connectivity index (χ0) is 21.7. The predicted molar refractivity (Wildman–Crippen MR) is 117 cm³/mol. The van der Waals surface area contributed by atoms with Gasteiger partial charge in [-0.25, -0.2) is 0 Å². The molecule has 6 nitrogen and oxygen atoms in total. The molecular weight excluding hydrogens is 380 g/mol. The zero-order valence-corrected chi connectivity index (χ0v) is 17.7. The minimum absolute atomic E-state index is 0.0313. The molecule has 6 heteroatoms. The number of carbonyl (C=O) groups excluding carboxylic acids is 1. The number of rotatable bonds is 9. The number of amides is 1. The second kappa shape index (κ2) is 9.65. The Balaban J connectivity index is 1.67. The zero-order valence-electron chi connectivity index (χ0n) is 17.7. The molecule has 2 aromatic rings. The monoisotopic (exact) mass is 410 g/mol. The van der Waals surface area contributed by atoms with E-state index >= 15 is 0 Å². The molecule has 0 saturated heterocycles. The first-order chi connectivity index (χ1) is 14.3. The molecule has 1 amide bonds. The number of carboxylic acid groups (broad SMARTS) is 1. The van der Waals surface area contributed by atoms with Crippen molar-refractivity contribution >= 4 is 17.6 Å². The van der Waals surface area contributed by atoms with Crippen LogP contribution in [0.5, 0.6) is 5.75 Å². The highest BCUT2D eigenvalue weighted by Gasteiger charge is 2.36. The van der Waals surface area contributed by atoms with Gasteiger partial charge in [-0.2, -0.15) is 0 Å². The fourth-order valence-corrected chi connectivity index (χ4v) is 3.92. The van der Waals surface area contributed by atoms with Gasteiger partial charge in [0, 0.05) is 29.3 Å². The lowest BCUT2D eigenvalue weighted by molar-refractivity contribution is -0.136. The van der Waals surface area contributed by atoms with Crippen LogP contribution in [0.3, 0.4) is 0 Å². The first kappa shape index (κ1) is 21.7. The summed E-state index contributed by atoms with van der Waals surface area (Å²) in [7, 11) is 0. The minimum Gasteiger partial charge on any atom is -0.487 e. The van der Waals surface area contributed by atoms with Gasteiger partial charge in [0.25, 0.3) is 5.91 Å². The van der Waals surface area contributed by atoms with Gasteiger partial charge >= 0.3 is 5.97 Å². The number of ether oxygens (including phenoxy) is 1. The van der Waals surface area contributed by atoms with Crippen LogP contribution in [0, 0.1) is 5.92 Å². The Labute approximate surface area is 177 Å². The second-order valence-electron chi connectivity index (χ2n) is 8.27. The molecule has 0 spiro atoms. The Bertz CT molecular complexity index is 879. The van der Waals surface area contributed by atoms with E-state index in [-0.39, 0.29) is 36.9 Å². The molecule has 1 aliphatic rings. The van der Waals surface area contributed by atoms with E-state index in [0.29, 0.717) is 11.5 Å². The fraction of sp³-hybridized carbons (Fsp3) is 0.417. The third kappa shape index (κ3) is 5.32. The summed E-state index contributed by atoms with van der Waals surface area (Å²) < 4.78 is 6.31. The Morgan fingerprint density at radius 2 is 1.80 bits per heavy atom. The van der Waals surface area contributed by atoms with Crippen molar-refractivity contribution in [1.29, 1.82) is 0 Å². The van der Waals surface area contributed by atoms with Crippen LogP contribution in [0.1, 0.15) is 55.5 Å². The van der Waals surface area contributed by atoms with E-state index in [2.05, 4.69) is 37.5 Å². The normalized spacial score (nSPS) is 18.4. The molecule has 30 heavy (non-hydrogen) atoms. The van der Waals surface area contributed by atoms with Crippen LogP contribution in [0.15, 0.2) is 48.5 Å².